The van der Waals surface area contributed by atoms with Crippen molar-refractivity contribution in [2.24, 2.45) is 0 Å². The summed E-state index contributed by atoms with van der Waals surface area (Å²) in [4.78, 5) is 31.6. The molecule has 12 heteroatoms. The number of hydrogen-bond acceptors (Lipinski definition) is 6. The van der Waals surface area contributed by atoms with Crippen LogP contribution in [0, 0.1) is 13.8 Å². The molecule has 0 amide bonds. The molecule has 174 valence electrons. The molecule has 10 nitrogen and oxygen atoms in total. The average molecular weight is 501 g/mol. The Hall–Kier alpha value is -3.58. The number of aromatic nitrogens is 2. The predicted octanol–water partition coefficient (Wildman–Crippen LogP) is 2.79. The molecule has 0 aliphatic heterocycles. The highest BCUT2D eigenvalue weighted by Crippen LogP contribution is 2.26. The van der Waals surface area contributed by atoms with Gasteiger partial charge in [-0.3, -0.25) is 18.7 Å². The summed E-state index contributed by atoms with van der Waals surface area (Å²) in [7, 11) is -9.03. The first kappa shape index (κ1) is 22.2. The maximum atomic E-state index is 13.2. The van der Waals surface area contributed by atoms with Crippen LogP contribution in [0.25, 0.3) is 43.6 Å². The van der Waals surface area contributed by atoms with E-state index in [9.17, 15) is 35.5 Å². The van der Waals surface area contributed by atoms with Crippen molar-refractivity contribution in [1.82, 2.24) is 9.97 Å². The van der Waals surface area contributed by atoms with Gasteiger partial charge in [0.25, 0.3) is 20.2 Å². The Labute approximate surface area is 191 Å². The largest absolute Gasteiger partial charge is 0.354 e. The van der Waals surface area contributed by atoms with Crippen LogP contribution in [-0.2, 0) is 20.2 Å². The summed E-state index contributed by atoms with van der Waals surface area (Å²) in [6.07, 6.45) is 0. The molecule has 0 atom stereocenters. The second kappa shape index (κ2) is 6.96. The molecule has 5 rings (SSSR count). The molecule has 0 fully saturated rings. The fourth-order valence-electron chi connectivity index (χ4n) is 4.28. The van der Waals surface area contributed by atoms with E-state index in [0.29, 0.717) is 0 Å². The second-order valence-electron chi connectivity index (χ2n) is 8.13. The molecule has 2 heterocycles. The standard InChI is InChI=1S/C22H16N2O8S2/c1-9-3-11-17(7-19(9)33(27,28)29)23-15-6-14-16(5-13(15)21(11)25)24-18-8-20(34(30,31)32)10(2)4-12(18)22(14)26/h3-8H,1-2H3,(H,23,25)(H,24,26)(H,27,28,29)(H,30,31,32). The average Bonchev–Trinajstić information content (AvgIpc) is 2.72. The maximum absolute atomic E-state index is 13.2. The van der Waals surface area contributed by atoms with E-state index in [2.05, 4.69) is 9.97 Å². The van der Waals surface area contributed by atoms with Gasteiger partial charge >= 0.3 is 0 Å². The number of fused-ring (bicyclic) bond motifs is 4. The van der Waals surface area contributed by atoms with Crippen LogP contribution in [0.4, 0.5) is 0 Å². The molecule has 34 heavy (non-hydrogen) atoms. The number of aromatic amines is 2. The van der Waals surface area contributed by atoms with Crippen molar-refractivity contribution in [3.63, 3.8) is 0 Å². The number of aryl methyl sites for hydroxylation is 2. The first-order valence-electron chi connectivity index (χ1n) is 9.81. The van der Waals surface area contributed by atoms with E-state index in [1.807, 2.05) is 0 Å². The van der Waals surface area contributed by atoms with Crippen molar-refractivity contribution >= 4 is 63.8 Å². The van der Waals surface area contributed by atoms with E-state index >= 15 is 0 Å². The van der Waals surface area contributed by atoms with Gasteiger partial charge in [-0.1, -0.05) is 0 Å². The minimum Gasteiger partial charge on any atom is -0.354 e. The van der Waals surface area contributed by atoms with Crippen molar-refractivity contribution in [3.8, 4) is 0 Å². The van der Waals surface area contributed by atoms with Gasteiger partial charge in [-0.2, -0.15) is 16.8 Å². The van der Waals surface area contributed by atoms with Crippen LogP contribution in [-0.4, -0.2) is 35.9 Å². The lowest BCUT2D eigenvalue weighted by molar-refractivity contribution is 0.480. The van der Waals surface area contributed by atoms with Crippen molar-refractivity contribution in [2.45, 2.75) is 23.6 Å². The molecule has 4 N–H and O–H groups in total. The van der Waals surface area contributed by atoms with E-state index in [4.69, 9.17) is 0 Å². The van der Waals surface area contributed by atoms with Crippen LogP contribution in [0.2, 0.25) is 0 Å². The molecular weight excluding hydrogens is 484 g/mol. The van der Waals surface area contributed by atoms with E-state index in [-0.39, 0.29) is 64.5 Å². The van der Waals surface area contributed by atoms with E-state index in [1.165, 1.54) is 38.1 Å². The van der Waals surface area contributed by atoms with Gasteiger partial charge in [0.1, 0.15) is 0 Å². The van der Waals surface area contributed by atoms with Crippen LogP contribution in [0.5, 0.6) is 0 Å². The zero-order valence-corrected chi connectivity index (χ0v) is 19.3. The third-order valence-electron chi connectivity index (χ3n) is 5.86. The number of nitrogens with one attached hydrogen (secondary N) is 2. The van der Waals surface area contributed by atoms with Gasteiger partial charge in [-0.05, 0) is 61.4 Å². The molecule has 0 spiro atoms. The van der Waals surface area contributed by atoms with Gasteiger partial charge in [-0.15, -0.1) is 0 Å². The summed E-state index contributed by atoms with van der Waals surface area (Å²) >= 11 is 0. The molecule has 3 aromatic carbocycles. The molecule has 0 aliphatic rings. The van der Waals surface area contributed by atoms with Gasteiger partial charge in [-0.25, -0.2) is 0 Å². The maximum Gasteiger partial charge on any atom is 0.294 e. The van der Waals surface area contributed by atoms with E-state index < -0.39 is 31.1 Å². The summed E-state index contributed by atoms with van der Waals surface area (Å²) in [5.74, 6) is 0. The van der Waals surface area contributed by atoms with Gasteiger partial charge in [0.15, 0.2) is 10.9 Å². The summed E-state index contributed by atoms with van der Waals surface area (Å²) in [6.45, 7) is 2.90. The number of hydrogen-bond donors (Lipinski definition) is 4. The number of H-pyrrole nitrogens is 2. The Balaban J connectivity index is 1.92. The lowest BCUT2D eigenvalue weighted by atomic mass is 10.0. The fraction of sp³-hybridized carbons (Fsp3) is 0.0909. The lowest BCUT2D eigenvalue weighted by Crippen LogP contribution is -2.10. The summed E-state index contributed by atoms with van der Waals surface area (Å²) in [5.41, 5.74) is 0.388. The minimum atomic E-state index is -4.51. The van der Waals surface area contributed by atoms with Crippen LogP contribution in [0.1, 0.15) is 11.1 Å². The van der Waals surface area contributed by atoms with Crippen LogP contribution in [0.3, 0.4) is 0 Å². The van der Waals surface area contributed by atoms with Crippen LogP contribution in [0.15, 0.2) is 55.8 Å². The van der Waals surface area contributed by atoms with Gasteiger partial charge in [0.2, 0.25) is 0 Å². The van der Waals surface area contributed by atoms with Gasteiger partial charge in [0.05, 0.1) is 31.9 Å². The van der Waals surface area contributed by atoms with Crippen molar-refractivity contribution < 1.29 is 25.9 Å². The molecule has 0 aliphatic carbocycles. The molecular formula is C22H16N2O8S2. The molecule has 0 saturated carbocycles. The topological polar surface area (TPSA) is 174 Å². The predicted molar refractivity (Wildman–Crippen MR) is 127 cm³/mol. The summed E-state index contributed by atoms with van der Waals surface area (Å²) in [5, 5.41) is 0.778. The molecule has 2 aromatic heterocycles. The lowest BCUT2D eigenvalue weighted by Gasteiger charge is -2.10. The molecule has 0 radical (unpaired) electrons. The number of benzene rings is 3. The first-order valence-corrected chi connectivity index (χ1v) is 12.7. The zero-order valence-electron chi connectivity index (χ0n) is 17.6. The van der Waals surface area contributed by atoms with Crippen LogP contribution >= 0.6 is 0 Å². The highest BCUT2D eigenvalue weighted by Gasteiger charge is 2.19. The fourth-order valence-corrected chi connectivity index (χ4v) is 5.74. The monoisotopic (exact) mass is 500 g/mol. The third kappa shape index (κ3) is 3.30. The highest BCUT2D eigenvalue weighted by molar-refractivity contribution is 7.86. The summed E-state index contributed by atoms with van der Waals surface area (Å²) < 4.78 is 65.6. The van der Waals surface area contributed by atoms with Gasteiger partial charge in [0, 0.05) is 21.5 Å². The highest BCUT2D eigenvalue weighted by atomic mass is 32.2. The smallest absolute Gasteiger partial charge is 0.294 e. The molecule has 5 aromatic rings. The van der Waals surface area contributed by atoms with E-state index in [0.717, 1.165) is 12.1 Å². The molecule has 0 saturated heterocycles. The van der Waals surface area contributed by atoms with Crippen LogP contribution < -0.4 is 10.9 Å². The Morgan fingerprint density at radius 2 is 0.853 bits per heavy atom. The van der Waals surface area contributed by atoms with Crippen molar-refractivity contribution in [3.05, 3.63) is 68.0 Å². The number of rotatable bonds is 2. The Morgan fingerprint density at radius 3 is 1.18 bits per heavy atom. The Bertz CT molecular complexity index is 1920. The summed E-state index contributed by atoms with van der Waals surface area (Å²) in [6, 6.07) is 7.92. The zero-order chi connectivity index (χ0) is 24.7. The first-order chi connectivity index (χ1) is 15.8. The third-order valence-corrected chi connectivity index (χ3v) is 7.85. The van der Waals surface area contributed by atoms with Gasteiger partial charge < -0.3 is 9.97 Å². The second-order valence-corrected chi connectivity index (χ2v) is 10.9. The SMILES string of the molecule is Cc1cc2c(=O)c3cc4[nH]c5cc(S(=O)(=O)O)c(C)cc5c(=O)c4cc3[nH]c2cc1S(=O)(=O)O. The normalized spacial score (nSPS) is 12.8. The quantitative estimate of drug-likeness (QED) is 0.211. The van der Waals surface area contributed by atoms with Crippen molar-refractivity contribution in [1.29, 1.82) is 0 Å². The van der Waals surface area contributed by atoms with Crippen molar-refractivity contribution in [2.75, 3.05) is 0 Å². The van der Waals surface area contributed by atoms with E-state index in [1.54, 1.807) is 0 Å². The Morgan fingerprint density at radius 1 is 0.559 bits per heavy atom. The number of pyridine rings is 2. The molecule has 0 unspecified atom stereocenters. The molecule has 0 bridgehead atoms. The Kier molecular flexibility index (Phi) is 4.55. The minimum absolute atomic E-state index is 0.168.